The maximum Gasteiger partial charge on any atom is 0.193 e. The lowest BCUT2D eigenvalue weighted by molar-refractivity contribution is -0.103. The molecule has 0 aliphatic heterocycles. The molecule has 0 spiro atoms. The van der Waals surface area contributed by atoms with E-state index in [2.05, 4.69) is 18.8 Å². The number of benzene rings is 1. The molecule has 0 aromatic heterocycles. The van der Waals surface area contributed by atoms with Crippen molar-refractivity contribution in [2.24, 2.45) is 0 Å². The van der Waals surface area contributed by atoms with Gasteiger partial charge in [0.15, 0.2) is 6.29 Å². The van der Waals surface area contributed by atoms with Crippen LogP contribution in [0.5, 0.6) is 5.75 Å². The van der Waals surface area contributed by atoms with Crippen molar-refractivity contribution in [2.75, 3.05) is 6.61 Å². The van der Waals surface area contributed by atoms with Crippen LogP contribution in [0, 0.1) is 11.8 Å². The first-order chi connectivity index (χ1) is 6.86. The molecule has 0 heterocycles. The molecular formula is C12H12O2. The maximum absolute atomic E-state index is 9.99. The van der Waals surface area contributed by atoms with Crippen molar-refractivity contribution < 1.29 is 9.53 Å². The van der Waals surface area contributed by atoms with Crippen molar-refractivity contribution >= 4 is 6.29 Å². The monoisotopic (exact) mass is 188 g/mol. The molecule has 1 rings (SSSR count). The van der Waals surface area contributed by atoms with Crippen LogP contribution in [0.1, 0.15) is 18.9 Å². The van der Waals surface area contributed by atoms with E-state index in [1.54, 1.807) is 0 Å². The van der Waals surface area contributed by atoms with Crippen LogP contribution in [0.4, 0.5) is 0 Å². The van der Waals surface area contributed by atoms with Gasteiger partial charge >= 0.3 is 0 Å². The van der Waals surface area contributed by atoms with Gasteiger partial charge in [-0.05, 0) is 36.6 Å². The van der Waals surface area contributed by atoms with E-state index in [0.717, 1.165) is 24.3 Å². The first-order valence-electron chi connectivity index (χ1n) is 4.55. The predicted molar refractivity (Wildman–Crippen MR) is 55.2 cm³/mol. The van der Waals surface area contributed by atoms with Crippen LogP contribution in [0.15, 0.2) is 24.3 Å². The molecule has 2 heteroatoms. The summed E-state index contributed by atoms with van der Waals surface area (Å²) in [6, 6.07) is 7.37. The molecule has 14 heavy (non-hydrogen) atoms. The SMILES string of the molecule is CCCOc1ccc(C#CC=O)cc1. The highest BCUT2D eigenvalue weighted by atomic mass is 16.5. The molecule has 0 unspecified atom stereocenters. The maximum atomic E-state index is 9.99. The van der Waals surface area contributed by atoms with Crippen molar-refractivity contribution in [2.45, 2.75) is 13.3 Å². The number of hydrogen-bond donors (Lipinski definition) is 0. The summed E-state index contributed by atoms with van der Waals surface area (Å²) in [7, 11) is 0. The van der Waals surface area contributed by atoms with Crippen molar-refractivity contribution in [1.82, 2.24) is 0 Å². The Balaban J connectivity index is 2.63. The second kappa shape index (κ2) is 5.82. The summed E-state index contributed by atoms with van der Waals surface area (Å²) in [5, 5.41) is 0. The van der Waals surface area contributed by atoms with E-state index >= 15 is 0 Å². The average Bonchev–Trinajstić information content (AvgIpc) is 2.25. The van der Waals surface area contributed by atoms with Crippen molar-refractivity contribution in [3.05, 3.63) is 29.8 Å². The predicted octanol–water partition coefficient (Wildman–Crippen LogP) is 2.03. The summed E-state index contributed by atoms with van der Waals surface area (Å²) in [6.45, 7) is 2.78. The van der Waals surface area contributed by atoms with E-state index in [4.69, 9.17) is 4.74 Å². The van der Waals surface area contributed by atoms with Gasteiger partial charge in [0, 0.05) is 5.56 Å². The van der Waals surface area contributed by atoms with Gasteiger partial charge in [-0.1, -0.05) is 12.8 Å². The molecule has 0 radical (unpaired) electrons. The lowest BCUT2D eigenvalue weighted by Crippen LogP contribution is -1.94. The summed E-state index contributed by atoms with van der Waals surface area (Å²) in [4.78, 5) is 9.99. The Kier molecular flexibility index (Phi) is 4.30. The molecule has 0 saturated heterocycles. The zero-order chi connectivity index (χ0) is 10.2. The van der Waals surface area contributed by atoms with Crippen LogP contribution < -0.4 is 4.74 Å². The molecule has 72 valence electrons. The second-order valence-electron chi connectivity index (χ2n) is 2.76. The van der Waals surface area contributed by atoms with Crippen LogP contribution in [0.3, 0.4) is 0 Å². The summed E-state index contributed by atoms with van der Waals surface area (Å²) < 4.78 is 5.40. The fourth-order valence-corrected chi connectivity index (χ4v) is 0.967. The van der Waals surface area contributed by atoms with E-state index in [9.17, 15) is 4.79 Å². The van der Waals surface area contributed by atoms with Gasteiger partial charge in [0.2, 0.25) is 0 Å². The number of hydrogen-bond acceptors (Lipinski definition) is 2. The van der Waals surface area contributed by atoms with Gasteiger partial charge in [0.05, 0.1) is 6.61 Å². The van der Waals surface area contributed by atoms with Crippen molar-refractivity contribution in [1.29, 1.82) is 0 Å². The lowest BCUT2D eigenvalue weighted by Gasteiger charge is -2.03. The Morgan fingerprint density at radius 1 is 1.36 bits per heavy atom. The van der Waals surface area contributed by atoms with Gasteiger partial charge in [-0.15, -0.1) is 0 Å². The Bertz CT molecular complexity index is 341. The molecule has 2 nitrogen and oxygen atoms in total. The number of rotatable bonds is 3. The Labute approximate surface area is 83.9 Å². The van der Waals surface area contributed by atoms with E-state index in [1.807, 2.05) is 24.3 Å². The third-order valence-corrected chi connectivity index (χ3v) is 1.60. The molecule has 0 amide bonds. The molecule has 0 N–H and O–H groups in total. The average molecular weight is 188 g/mol. The van der Waals surface area contributed by atoms with Crippen LogP contribution in [0.25, 0.3) is 0 Å². The van der Waals surface area contributed by atoms with Gasteiger partial charge in [-0.2, -0.15) is 0 Å². The van der Waals surface area contributed by atoms with Gasteiger partial charge in [0.25, 0.3) is 0 Å². The molecule has 0 aliphatic carbocycles. The van der Waals surface area contributed by atoms with Crippen molar-refractivity contribution in [3.8, 4) is 17.6 Å². The van der Waals surface area contributed by atoms with Crippen LogP contribution >= 0.6 is 0 Å². The van der Waals surface area contributed by atoms with E-state index in [1.165, 1.54) is 0 Å². The first kappa shape index (κ1) is 10.3. The third kappa shape index (κ3) is 3.32. The summed E-state index contributed by atoms with van der Waals surface area (Å²) >= 11 is 0. The van der Waals surface area contributed by atoms with Gasteiger partial charge in [0.1, 0.15) is 5.75 Å². The zero-order valence-electron chi connectivity index (χ0n) is 8.12. The largest absolute Gasteiger partial charge is 0.494 e. The molecule has 0 fully saturated rings. The van der Waals surface area contributed by atoms with Crippen molar-refractivity contribution in [3.63, 3.8) is 0 Å². The van der Waals surface area contributed by atoms with Gasteiger partial charge in [-0.25, -0.2) is 0 Å². The quantitative estimate of drug-likeness (QED) is 0.536. The van der Waals surface area contributed by atoms with Gasteiger partial charge < -0.3 is 4.74 Å². The molecule has 1 aromatic carbocycles. The van der Waals surface area contributed by atoms with Gasteiger partial charge in [-0.3, -0.25) is 4.79 Å². The highest BCUT2D eigenvalue weighted by Gasteiger charge is 1.91. The van der Waals surface area contributed by atoms with E-state index in [0.29, 0.717) is 6.29 Å². The molecule has 0 saturated carbocycles. The Morgan fingerprint density at radius 2 is 2.07 bits per heavy atom. The third-order valence-electron chi connectivity index (χ3n) is 1.60. The Hall–Kier alpha value is -1.75. The highest BCUT2D eigenvalue weighted by Crippen LogP contribution is 2.11. The van der Waals surface area contributed by atoms with Crippen LogP contribution in [-0.4, -0.2) is 12.9 Å². The number of carbonyl (C=O) groups excluding carboxylic acids is 1. The fourth-order valence-electron chi connectivity index (χ4n) is 0.967. The first-order valence-corrected chi connectivity index (χ1v) is 4.55. The molecule has 1 aromatic rings. The molecular weight excluding hydrogens is 176 g/mol. The summed E-state index contributed by atoms with van der Waals surface area (Å²) in [6.07, 6.45) is 1.58. The summed E-state index contributed by atoms with van der Waals surface area (Å²) in [5.74, 6) is 5.90. The smallest absolute Gasteiger partial charge is 0.193 e. The topological polar surface area (TPSA) is 26.3 Å². The zero-order valence-corrected chi connectivity index (χ0v) is 8.12. The lowest BCUT2D eigenvalue weighted by atomic mass is 10.2. The minimum Gasteiger partial charge on any atom is -0.494 e. The minimum atomic E-state index is 0.585. The molecule has 0 atom stereocenters. The number of ether oxygens (including phenoxy) is 1. The highest BCUT2D eigenvalue weighted by molar-refractivity contribution is 5.73. The fraction of sp³-hybridized carbons (Fsp3) is 0.250. The summed E-state index contributed by atoms with van der Waals surface area (Å²) in [5.41, 5.74) is 0.820. The Morgan fingerprint density at radius 3 is 2.64 bits per heavy atom. The van der Waals surface area contributed by atoms with E-state index < -0.39 is 0 Å². The van der Waals surface area contributed by atoms with Crippen LogP contribution in [-0.2, 0) is 4.79 Å². The standard InChI is InChI=1S/C12H12O2/c1-2-10-14-12-7-5-11(6-8-12)4-3-9-13/h5-9H,2,10H2,1H3. The second-order valence-corrected chi connectivity index (χ2v) is 2.76. The van der Waals surface area contributed by atoms with E-state index in [-0.39, 0.29) is 0 Å². The number of aldehydes is 1. The molecule has 0 aliphatic rings. The normalized spacial score (nSPS) is 8.64. The minimum absolute atomic E-state index is 0.585. The molecule has 0 bridgehead atoms. The van der Waals surface area contributed by atoms with Crippen LogP contribution in [0.2, 0.25) is 0 Å². The number of carbonyl (C=O) groups is 1.